The van der Waals surface area contributed by atoms with E-state index in [-0.39, 0.29) is 4.90 Å². The normalized spacial score (nSPS) is 12.0. The molecule has 0 atom stereocenters. The molecule has 0 aliphatic heterocycles. The number of pyridine rings is 1. The van der Waals surface area contributed by atoms with Gasteiger partial charge in [0, 0.05) is 53.3 Å². The summed E-state index contributed by atoms with van der Waals surface area (Å²) in [7, 11) is 0.209. The highest BCUT2D eigenvalue weighted by molar-refractivity contribution is 7.89. The number of primary sulfonamides is 1. The second kappa shape index (κ2) is 9.65. The standard InChI is InChI=1S/C26H26N6O3S/c1-31(2)12-5-13-35-25-11-8-18(14-28-25)19-15-29-26-23(16-30-32(26)17-19)21-9-10-24(36(27,33)34)22-7-4-3-6-20(21)22/h3-4,6-11,14-17H,5,12-13H2,1-2H3,(H2,27,33,34). The molecule has 0 amide bonds. The van der Waals surface area contributed by atoms with Crippen LogP contribution in [-0.2, 0) is 10.0 Å². The van der Waals surface area contributed by atoms with Crippen LogP contribution >= 0.6 is 0 Å². The van der Waals surface area contributed by atoms with Crippen molar-refractivity contribution in [1.82, 2.24) is 24.5 Å². The zero-order chi connectivity index (χ0) is 25.3. The monoisotopic (exact) mass is 502 g/mol. The number of rotatable bonds is 8. The van der Waals surface area contributed by atoms with Crippen molar-refractivity contribution in [3.63, 3.8) is 0 Å². The van der Waals surface area contributed by atoms with E-state index in [1.165, 1.54) is 6.07 Å². The fourth-order valence-electron chi connectivity index (χ4n) is 4.16. The quantitative estimate of drug-likeness (QED) is 0.322. The minimum atomic E-state index is -3.86. The van der Waals surface area contributed by atoms with E-state index in [2.05, 4.69) is 20.0 Å². The van der Waals surface area contributed by atoms with E-state index in [1.807, 2.05) is 44.6 Å². The molecule has 9 nitrogen and oxygen atoms in total. The third-order valence-corrected chi connectivity index (χ3v) is 6.88. The molecule has 0 radical (unpaired) electrons. The molecule has 2 N–H and O–H groups in total. The van der Waals surface area contributed by atoms with E-state index in [4.69, 9.17) is 9.88 Å². The smallest absolute Gasteiger partial charge is 0.238 e. The summed E-state index contributed by atoms with van der Waals surface area (Å²) >= 11 is 0. The Morgan fingerprint density at radius 3 is 2.42 bits per heavy atom. The number of sulfonamides is 1. The molecule has 36 heavy (non-hydrogen) atoms. The number of fused-ring (bicyclic) bond motifs is 2. The highest BCUT2D eigenvalue weighted by Gasteiger charge is 2.17. The summed E-state index contributed by atoms with van der Waals surface area (Å²) in [5, 5.41) is 11.3. The number of nitrogens with two attached hydrogens (primary N) is 1. The Bertz CT molecular complexity index is 1650. The van der Waals surface area contributed by atoms with E-state index in [9.17, 15) is 8.42 Å². The van der Waals surface area contributed by atoms with E-state index in [0.717, 1.165) is 40.6 Å². The van der Waals surface area contributed by atoms with Crippen molar-refractivity contribution >= 4 is 26.4 Å². The van der Waals surface area contributed by atoms with Crippen molar-refractivity contribution in [1.29, 1.82) is 0 Å². The lowest BCUT2D eigenvalue weighted by molar-refractivity contribution is 0.273. The van der Waals surface area contributed by atoms with Crippen LogP contribution in [0.25, 0.3) is 38.7 Å². The number of benzene rings is 2. The van der Waals surface area contributed by atoms with E-state index < -0.39 is 10.0 Å². The van der Waals surface area contributed by atoms with Gasteiger partial charge in [-0.1, -0.05) is 30.3 Å². The summed E-state index contributed by atoms with van der Waals surface area (Å²) in [6.07, 6.45) is 8.08. The first kappa shape index (κ1) is 23.9. The van der Waals surface area contributed by atoms with Gasteiger partial charge < -0.3 is 9.64 Å². The first-order valence-corrected chi connectivity index (χ1v) is 13.0. The van der Waals surface area contributed by atoms with E-state index in [1.54, 1.807) is 41.3 Å². The first-order valence-electron chi connectivity index (χ1n) is 11.4. The zero-order valence-corrected chi connectivity index (χ0v) is 20.8. The lowest BCUT2D eigenvalue weighted by atomic mass is 10.00. The Hall–Kier alpha value is -3.86. The maximum absolute atomic E-state index is 12.1. The van der Waals surface area contributed by atoms with Crippen molar-refractivity contribution < 1.29 is 13.2 Å². The van der Waals surface area contributed by atoms with Gasteiger partial charge >= 0.3 is 0 Å². The number of ether oxygens (including phenoxy) is 1. The van der Waals surface area contributed by atoms with Crippen LogP contribution in [0.1, 0.15) is 6.42 Å². The van der Waals surface area contributed by atoms with Crippen molar-refractivity contribution in [2.24, 2.45) is 5.14 Å². The second-order valence-corrected chi connectivity index (χ2v) is 10.3. The van der Waals surface area contributed by atoms with Gasteiger partial charge in [0.2, 0.25) is 15.9 Å². The van der Waals surface area contributed by atoms with Crippen molar-refractivity contribution in [2.45, 2.75) is 11.3 Å². The number of aromatic nitrogens is 4. The Morgan fingerprint density at radius 1 is 0.917 bits per heavy atom. The van der Waals surface area contributed by atoms with Gasteiger partial charge in [0.15, 0.2) is 5.65 Å². The van der Waals surface area contributed by atoms with Crippen LogP contribution in [-0.4, -0.2) is 60.1 Å². The molecule has 0 bridgehead atoms. The Labute approximate surface area is 209 Å². The van der Waals surface area contributed by atoms with E-state index >= 15 is 0 Å². The fraction of sp³-hybridized carbons (Fsp3) is 0.192. The zero-order valence-electron chi connectivity index (χ0n) is 20.0. The summed E-state index contributed by atoms with van der Waals surface area (Å²) < 4.78 is 31.6. The molecule has 3 aromatic heterocycles. The number of hydrogen-bond acceptors (Lipinski definition) is 7. The SMILES string of the molecule is CN(C)CCCOc1ccc(-c2cnc3c(-c4ccc(S(N)(=O)=O)c5ccccc45)cnn3c2)cn1. The van der Waals surface area contributed by atoms with Crippen LogP contribution in [0.4, 0.5) is 0 Å². The molecule has 2 aromatic carbocycles. The summed E-state index contributed by atoms with van der Waals surface area (Å²) in [4.78, 5) is 11.3. The molecular weight excluding hydrogens is 476 g/mol. The van der Waals surface area contributed by atoms with Gasteiger partial charge in [-0.3, -0.25) is 0 Å². The Kier molecular flexibility index (Phi) is 6.40. The van der Waals surface area contributed by atoms with Crippen LogP contribution in [0.2, 0.25) is 0 Å². The average Bonchev–Trinajstić information content (AvgIpc) is 3.28. The van der Waals surface area contributed by atoms with Crippen molar-refractivity contribution in [2.75, 3.05) is 27.2 Å². The van der Waals surface area contributed by atoms with Gasteiger partial charge in [-0.15, -0.1) is 0 Å². The molecule has 0 saturated heterocycles. The lowest BCUT2D eigenvalue weighted by Crippen LogP contribution is -2.15. The molecule has 10 heteroatoms. The topological polar surface area (TPSA) is 116 Å². The minimum absolute atomic E-state index is 0.0891. The predicted octanol–water partition coefficient (Wildman–Crippen LogP) is 3.59. The average molecular weight is 503 g/mol. The second-order valence-electron chi connectivity index (χ2n) is 8.76. The van der Waals surface area contributed by atoms with Gasteiger partial charge in [-0.2, -0.15) is 5.10 Å². The van der Waals surface area contributed by atoms with E-state index in [0.29, 0.717) is 23.5 Å². The van der Waals surface area contributed by atoms with Gasteiger partial charge in [0.25, 0.3) is 0 Å². The maximum atomic E-state index is 12.1. The largest absolute Gasteiger partial charge is 0.478 e. The predicted molar refractivity (Wildman–Crippen MR) is 139 cm³/mol. The van der Waals surface area contributed by atoms with Gasteiger partial charge in [0.05, 0.1) is 17.7 Å². The van der Waals surface area contributed by atoms with Gasteiger partial charge in [-0.05, 0) is 43.6 Å². The molecule has 0 spiro atoms. The minimum Gasteiger partial charge on any atom is -0.478 e. The highest BCUT2D eigenvalue weighted by atomic mass is 32.2. The van der Waals surface area contributed by atoms with Crippen molar-refractivity contribution in [3.8, 4) is 28.1 Å². The van der Waals surface area contributed by atoms with Crippen LogP contribution < -0.4 is 9.88 Å². The molecule has 0 aliphatic carbocycles. The molecule has 3 heterocycles. The molecule has 0 fully saturated rings. The summed E-state index contributed by atoms with van der Waals surface area (Å²) in [5.74, 6) is 0.586. The van der Waals surface area contributed by atoms with Crippen molar-refractivity contribution in [3.05, 3.63) is 73.3 Å². The fourth-order valence-corrected chi connectivity index (χ4v) is 4.90. The van der Waals surface area contributed by atoms with Crippen LogP contribution in [0.3, 0.4) is 0 Å². The first-order chi connectivity index (χ1) is 17.3. The third kappa shape index (κ3) is 4.78. The molecule has 0 saturated carbocycles. The van der Waals surface area contributed by atoms with Crippen LogP contribution in [0.5, 0.6) is 5.88 Å². The summed E-state index contributed by atoms with van der Waals surface area (Å²) in [6, 6.07) is 14.3. The highest BCUT2D eigenvalue weighted by Crippen LogP contribution is 2.34. The van der Waals surface area contributed by atoms with Gasteiger partial charge in [0.1, 0.15) is 0 Å². The lowest BCUT2D eigenvalue weighted by Gasteiger charge is -2.10. The number of hydrogen-bond donors (Lipinski definition) is 1. The molecule has 0 aliphatic rings. The third-order valence-electron chi connectivity index (χ3n) is 5.91. The summed E-state index contributed by atoms with van der Waals surface area (Å²) in [6.45, 7) is 1.57. The molecular formula is C26H26N6O3S. The molecule has 5 aromatic rings. The molecule has 5 rings (SSSR count). The number of nitrogens with zero attached hydrogens (tertiary/aromatic N) is 5. The Morgan fingerprint density at radius 2 is 1.69 bits per heavy atom. The Balaban J connectivity index is 1.44. The van der Waals surface area contributed by atoms with Crippen LogP contribution in [0.15, 0.2) is 78.2 Å². The molecule has 0 unspecified atom stereocenters. The summed E-state index contributed by atoms with van der Waals surface area (Å²) in [5.41, 5.74) is 4.02. The maximum Gasteiger partial charge on any atom is 0.238 e. The van der Waals surface area contributed by atoms with Crippen LogP contribution in [0, 0.1) is 0 Å². The van der Waals surface area contributed by atoms with Gasteiger partial charge in [-0.25, -0.2) is 28.0 Å². The molecule has 184 valence electrons.